The molecule has 7 fully saturated rings. The predicted octanol–water partition coefficient (Wildman–Crippen LogP) is -1.31. The van der Waals surface area contributed by atoms with Gasteiger partial charge in [-0.05, 0) is 37.5 Å². The Kier molecular flexibility index (Phi) is 3.23. The Morgan fingerprint density at radius 2 is 1.85 bits per heavy atom. The van der Waals surface area contributed by atoms with Crippen LogP contribution >= 0.6 is 0 Å². The zero-order valence-electron chi connectivity index (χ0n) is 15.3. The molecule has 0 spiro atoms. The van der Waals surface area contributed by atoms with Crippen LogP contribution in [-0.4, -0.2) is 77.5 Å². The lowest BCUT2D eigenvalue weighted by Gasteiger charge is -2.58. The topological polar surface area (TPSA) is 105 Å². The molecule has 1 saturated carbocycles. The van der Waals surface area contributed by atoms with Crippen molar-refractivity contribution >= 4 is 17.7 Å². The van der Waals surface area contributed by atoms with Gasteiger partial charge in [0.05, 0.1) is 29.6 Å². The summed E-state index contributed by atoms with van der Waals surface area (Å²) in [4.78, 5) is 42.0. The summed E-state index contributed by atoms with van der Waals surface area (Å²) in [7, 11) is 0. The van der Waals surface area contributed by atoms with E-state index in [-0.39, 0.29) is 48.1 Å². The lowest BCUT2D eigenvalue weighted by atomic mass is 9.64. The van der Waals surface area contributed by atoms with Gasteiger partial charge in [-0.15, -0.1) is 0 Å². The van der Waals surface area contributed by atoms with Crippen LogP contribution in [-0.2, 0) is 19.1 Å². The van der Waals surface area contributed by atoms with Crippen molar-refractivity contribution in [1.82, 2.24) is 15.1 Å². The van der Waals surface area contributed by atoms with Crippen molar-refractivity contribution in [2.75, 3.05) is 26.2 Å². The molecule has 6 saturated heterocycles. The first kappa shape index (κ1) is 16.4. The van der Waals surface area contributed by atoms with Crippen molar-refractivity contribution in [2.45, 2.75) is 49.5 Å². The highest BCUT2D eigenvalue weighted by molar-refractivity contribution is 6.08. The van der Waals surface area contributed by atoms with Gasteiger partial charge in [0, 0.05) is 25.7 Å². The van der Waals surface area contributed by atoms with Crippen LogP contribution in [0.25, 0.3) is 0 Å². The average Bonchev–Trinajstić information content (AvgIpc) is 3.20. The van der Waals surface area contributed by atoms with E-state index in [1.165, 1.54) is 6.42 Å². The number of nitrogens with two attached hydrogens (primary N) is 1. The van der Waals surface area contributed by atoms with Gasteiger partial charge < -0.3 is 20.7 Å². The molecule has 7 aliphatic rings. The van der Waals surface area contributed by atoms with E-state index in [4.69, 9.17) is 10.5 Å². The van der Waals surface area contributed by atoms with E-state index in [0.29, 0.717) is 18.3 Å². The fourth-order valence-corrected chi connectivity index (χ4v) is 7.23. The third-order valence-electron chi connectivity index (χ3n) is 7.79. The Hall–Kier alpha value is -1.51. The molecule has 0 aromatic heterocycles. The van der Waals surface area contributed by atoms with E-state index in [2.05, 4.69) is 10.2 Å². The fourth-order valence-electron chi connectivity index (χ4n) is 7.23. The Morgan fingerprint density at radius 1 is 1.15 bits per heavy atom. The summed E-state index contributed by atoms with van der Waals surface area (Å²) in [5.74, 6) is -0.362. The van der Waals surface area contributed by atoms with Crippen molar-refractivity contribution in [1.29, 1.82) is 0 Å². The number of fused-ring (bicyclic) bond motifs is 5. The summed E-state index contributed by atoms with van der Waals surface area (Å²) >= 11 is 0. The number of hydrogen-bond donors (Lipinski definition) is 2. The molecule has 3 amide bonds. The highest BCUT2D eigenvalue weighted by Crippen LogP contribution is 2.48. The van der Waals surface area contributed by atoms with E-state index in [9.17, 15) is 14.4 Å². The molecule has 3 N–H and O–H groups in total. The molecule has 6 aliphatic heterocycles. The maximum Gasteiger partial charge on any atom is 0.240 e. The normalized spacial score (nSPS) is 52.0. The molecule has 7 unspecified atom stereocenters. The number of hydrogen-bond acceptors (Lipinski definition) is 6. The molecule has 6 heterocycles. The second kappa shape index (κ2) is 5.30. The molecular formula is C19H26N4O4. The van der Waals surface area contributed by atoms with E-state index in [1.54, 1.807) is 0 Å². The minimum atomic E-state index is -0.496. The van der Waals surface area contributed by atoms with E-state index in [1.807, 2.05) is 0 Å². The SMILES string of the molecule is NC1CC2OC1C1C(=O)N(CC(=O)NC34CC5CC(CN(C5)C3)C4)C(=O)C21. The molecule has 8 nitrogen and oxygen atoms in total. The zero-order valence-corrected chi connectivity index (χ0v) is 15.3. The first-order valence-corrected chi connectivity index (χ1v) is 10.2. The van der Waals surface area contributed by atoms with Gasteiger partial charge in [0.25, 0.3) is 0 Å². The monoisotopic (exact) mass is 374 g/mol. The Balaban J connectivity index is 1.16. The summed E-state index contributed by atoms with van der Waals surface area (Å²) in [5, 5.41) is 3.22. The fraction of sp³-hybridized carbons (Fsp3) is 0.842. The number of carbonyl (C=O) groups is 3. The maximum absolute atomic E-state index is 12.8. The number of nitrogens with zero attached hydrogens (tertiary/aromatic N) is 2. The Labute approximate surface area is 157 Å². The van der Waals surface area contributed by atoms with Gasteiger partial charge in [-0.3, -0.25) is 19.3 Å². The van der Waals surface area contributed by atoms with Gasteiger partial charge in [0.15, 0.2) is 0 Å². The van der Waals surface area contributed by atoms with Gasteiger partial charge in [0.2, 0.25) is 17.7 Å². The van der Waals surface area contributed by atoms with Gasteiger partial charge in [-0.25, -0.2) is 0 Å². The summed E-state index contributed by atoms with van der Waals surface area (Å²) < 4.78 is 5.74. The van der Waals surface area contributed by atoms with Gasteiger partial charge in [-0.2, -0.15) is 0 Å². The van der Waals surface area contributed by atoms with Crippen LogP contribution in [0, 0.1) is 23.7 Å². The third-order valence-corrected chi connectivity index (χ3v) is 7.79. The molecule has 8 heteroatoms. The lowest BCUT2D eigenvalue weighted by Crippen LogP contribution is -2.69. The van der Waals surface area contributed by atoms with Crippen LogP contribution in [0.5, 0.6) is 0 Å². The van der Waals surface area contributed by atoms with Crippen molar-refractivity contribution < 1.29 is 19.1 Å². The number of piperidine rings is 3. The summed E-state index contributed by atoms with van der Waals surface area (Å²) in [6.07, 6.45) is 3.28. The van der Waals surface area contributed by atoms with Crippen LogP contribution in [0.3, 0.4) is 0 Å². The van der Waals surface area contributed by atoms with E-state index in [0.717, 1.165) is 37.4 Å². The summed E-state index contributed by atoms with van der Waals surface area (Å²) in [6, 6.07) is -0.192. The van der Waals surface area contributed by atoms with Crippen LogP contribution in [0.4, 0.5) is 0 Å². The van der Waals surface area contributed by atoms with Gasteiger partial charge in [0.1, 0.15) is 6.54 Å². The highest BCUT2D eigenvalue weighted by atomic mass is 16.5. The lowest BCUT2D eigenvalue weighted by molar-refractivity contribution is -0.147. The molecule has 1 aliphatic carbocycles. The second-order valence-corrected chi connectivity index (χ2v) is 9.75. The average molecular weight is 374 g/mol. The van der Waals surface area contributed by atoms with Gasteiger partial charge in [-0.1, -0.05) is 0 Å². The van der Waals surface area contributed by atoms with Crippen LogP contribution in [0.2, 0.25) is 0 Å². The Morgan fingerprint density at radius 3 is 2.56 bits per heavy atom. The standard InChI is InChI=1S/C19H26N4O4/c20-11-2-12-14-15(16(11)27-12)18(26)23(17(14)25)7-13(24)21-19-3-9-1-10(4-19)6-22(5-9)8-19/h9-12,14-16H,1-8,20H2,(H,21,24). The van der Waals surface area contributed by atoms with Crippen molar-refractivity contribution in [3.8, 4) is 0 Å². The molecule has 146 valence electrons. The van der Waals surface area contributed by atoms with Crippen molar-refractivity contribution in [3.05, 3.63) is 0 Å². The number of rotatable bonds is 3. The predicted molar refractivity (Wildman–Crippen MR) is 93.1 cm³/mol. The number of imide groups is 1. The number of nitrogens with one attached hydrogen (secondary N) is 1. The van der Waals surface area contributed by atoms with E-state index >= 15 is 0 Å². The first-order chi connectivity index (χ1) is 12.9. The quantitative estimate of drug-likeness (QED) is 0.594. The molecule has 27 heavy (non-hydrogen) atoms. The summed E-state index contributed by atoms with van der Waals surface area (Å²) in [6.45, 7) is 3.01. The highest BCUT2D eigenvalue weighted by Gasteiger charge is 2.65. The molecule has 6 bridgehead atoms. The smallest absolute Gasteiger partial charge is 0.240 e. The van der Waals surface area contributed by atoms with Gasteiger partial charge >= 0.3 is 0 Å². The molecule has 7 rings (SSSR count). The molecule has 0 aromatic carbocycles. The molecule has 0 aromatic rings. The minimum absolute atomic E-state index is 0.170. The largest absolute Gasteiger partial charge is 0.372 e. The number of amides is 3. The third kappa shape index (κ3) is 2.23. The maximum atomic E-state index is 12.8. The molecular weight excluding hydrogens is 348 g/mol. The van der Waals surface area contributed by atoms with Crippen molar-refractivity contribution in [3.63, 3.8) is 0 Å². The summed E-state index contributed by atoms with van der Waals surface area (Å²) in [5.41, 5.74) is 5.86. The zero-order chi connectivity index (χ0) is 18.5. The second-order valence-electron chi connectivity index (χ2n) is 9.75. The van der Waals surface area contributed by atoms with Crippen LogP contribution < -0.4 is 11.1 Å². The van der Waals surface area contributed by atoms with E-state index < -0.39 is 11.8 Å². The Bertz CT molecular complexity index is 704. The first-order valence-electron chi connectivity index (χ1n) is 10.2. The minimum Gasteiger partial charge on any atom is -0.372 e. The van der Waals surface area contributed by atoms with Crippen molar-refractivity contribution in [2.24, 2.45) is 29.4 Å². The molecule has 7 atom stereocenters. The molecule has 0 radical (unpaired) electrons. The van der Waals surface area contributed by atoms with Crippen LogP contribution in [0.1, 0.15) is 25.7 Å². The number of ether oxygens (including phenoxy) is 1. The number of likely N-dealkylation sites (tertiary alicyclic amines) is 1. The number of carbonyl (C=O) groups excluding carboxylic acids is 3. The van der Waals surface area contributed by atoms with Crippen LogP contribution in [0.15, 0.2) is 0 Å².